The summed E-state index contributed by atoms with van der Waals surface area (Å²) in [6, 6.07) is 5.76. The average Bonchev–Trinajstić information content (AvgIpc) is 2.40. The first kappa shape index (κ1) is 13.1. The van der Waals surface area contributed by atoms with Crippen LogP contribution in [0.15, 0.2) is 18.2 Å². The van der Waals surface area contributed by atoms with Crippen LogP contribution in [0.3, 0.4) is 0 Å². The van der Waals surface area contributed by atoms with E-state index in [1.807, 2.05) is 32.0 Å². The molecule has 1 aliphatic heterocycles. The number of hydrogen-bond donors (Lipinski definition) is 2. The van der Waals surface area contributed by atoms with Gasteiger partial charge in [0.05, 0.1) is 12.7 Å². The molecule has 4 heteroatoms. The summed E-state index contributed by atoms with van der Waals surface area (Å²) < 4.78 is 5.53. The number of ether oxygens (including phenoxy) is 1. The molecule has 1 unspecified atom stereocenters. The molecule has 2 N–H and O–H groups in total. The molecule has 1 fully saturated rings. The number of aryl methyl sites for hydroxylation is 2. The van der Waals surface area contributed by atoms with Crippen LogP contribution in [0.5, 0.6) is 0 Å². The third kappa shape index (κ3) is 3.31. The summed E-state index contributed by atoms with van der Waals surface area (Å²) in [7, 11) is 0. The molecule has 98 valence electrons. The minimum absolute atomic E-state index is 0.0349. The minimum Gasteiger partial charge on any atom is -0.374 e. The van der Waals surface area contributed by atoms with Crippen molar-refractivity contribution in [3.05, 3.63) is 34.9 Å². The van der Waals surface area contributed by atoms with Crippen molar-refractivity contribution in [2.75, 3.05) is 26.2 Å². The van der Waals surface area contributed by atoms with E-state index >= 15 is 0 Å². The molecule has 1 atom stereocenters. The van der Waals surface area contributed by atoms with E-state index in [0.29, 0.717) is 18.7 Å². The predicted octanol–water partition coefficient (Wildman–Crippen LogP) is 1.02. The van der Waals surface area contributed by atoms with E-state index in [2.05, 4.69) is 10.6 Å². The molecule has 0 saturated carbocycles. The molecule has 1 amide bonds. The van der Waals surface area contributed by atoms with Gasteiger partial charge in [-0.1, -0.05) is 6.07 Å². The summed E-state index contributed by atoms with van der Waals surface area (Å²) in [5.74, 6) is -0.0349. The van der Waals surface area contributed by atoms with E-state index in [9.17, 15) is 4.79 Å². The van der Waals surface area contributed by atoms with Crippen LogP contribution in [-0.2, 0) is 4.74 Å². The number of nitrogens with one attached hydrogen (secondary N) is 2. The summed E-state index contributed by atoms with van der Waals surface area (Å²) in [4.78, 5) is 12.0. The summed E-state index contributed by atoms with van der Waals surface area (Å²) in [6.45, 7) is 7.01. The lowest BCUT2D eigenvalue weighted by Gasteiger charge is -2.23. The Kier molecular flexibility index (Phi) is 4.33. The molecule has 2 rings (SSSR count). The number of carbonyl (C=O) groups is 1. The van der Waals surface area contributed by atoms with Gasteiger partial charge < -0.3 is 15.4 Å². The first-order valence-electron chi connectivity index (χ1n) is 6.34. The quantitative estimate of drug-likeness (QED) is 0.839. The highest BCUT2D eigenvalue weighted by atomic mass is 16.5. The van der Waals surface area contributed by atoms with Crippen molar-refractivity contribution in [2.45, 2.75) is 20.0 Å². The van der Waals surface area contributed by atoms with Crippen molar-refractivity contribution in [2.24, 2.45) is 0 Å². The second kappa shape index (κ2) is 5.98. The van der Waals surface area contributed by atoms with Gasteiger partial charge in [-0.3, -0.25) is 4.79 Å². The fourth-order valence-corrected chi connectivity index (χ4v) is 1.94. The number of morpholine rings is 1. The standard InChI is InChI=1S/C14H20N2O2/c1-10-3-4-12(7-11(10)2)14(17)16-9-13-8-15-5-6-18-13/h3-4,7,13,15H,5-6,8-9H2,1-2H3,(H,16,17). The van der Waals surface area contributed by atoms with Crippen molar-refractivity contribution >= 4 is 5.91 Å². The zero-order chi connectivity index (χ0) is 13.0. The Morgan fingerprint density at radius 3 is 2.94 bits per heavy atom. The Labute approximate surface area is 108 Å². The van der Waals surface area contributed by atoms with Crippen molar-refractivity contribution in [1.29, 1.82) is 0 Å². The lowest BCUT2D eigenvalue weighted by atomic mass is 10.1. The van der Waals surface area contributed by atoms with Gasteiger partial charge in [-0.15, -0.1) is 0 Å². The highest BCUT2D eigenvalue weighted by Gasteiger charge is 2.14. The lowest BCUT2D eigenvalue weighted by Crippen LogP contribution is -2.45. The maximum atomic E-state index is 12.0. The van der Waals surface area contributed by atoms with Crippen molar-refractivity contribution < 1.29 is 9.53 Å². The Morgan fingerprint density at radius 1 is 1.44 bits per heavy atom. The van der Waals surface area contributed by atoms with E-state index in [-0.39, 0.29) is 12.0 Å². The predicted molar refractivity (Wildman–Crippen MR) is 70.9 cm³/mol. The molecule has 4 nitrogen and oxygen atoms in total. The van der Waals surface area contributed by atoms with E-state index in [1.165, 1.54) is 5.56 Å². The highest BCUT2D eigenvalue weighted by molar-refractivity contribution is 5.94. The normalized spacial score (nSPS) is 19.6. The van der Waals surface area contributed by atoms with Crippen LogP contribution in [0.2, 0.25) is 0 Å². The second-order valence-electron chi connectivity index (χ2n) is 4.71. The molecule has 0 radical (unpaired) electrons. The maximum Gasteiger partial charge on any atom is 0.251 e. The van der Waals surface area contributed by atoms with Gasteiger partial charge in [0.25, 0.3) is 5.91 Å². The first-order chi connectivity index (χ1) is 8.66. The summed E-state index contributed by atoms with van der Waals surface area (Å²) >= 11 is 0. The Balaban J connectivity index is 1.88. The van der Waals surface area contributed by atoms with Crippen LogP contribution in [0.4, 0.5) is 0 Å². The van der Waals surface area contributed by atoms with Crippen LogP contribution >= 0.6 is 0 Å². The minimum atomic E-state index is -0.0349. The first-order valence-corrected chi connectivity index (χ1v) is 6.34. The fraction of sp³-hybridized carbons (Fsp3) is 0.500. The molecule has 1 aromatic carbocycles. The van der Waals surface area contributed by atoms with Crippen LogP contribution in [0.1, 0.15) is 21.5 Å². The van der Waals surface area contributed by atoms with Crippen LogP contribution < -0.4 is 10.6 Å². The van der Waals surface area contributed by atoms with Crippen LogP contribution in [0, 0.1) is 13.8 Å². The maximum absolute atomic E-state index is 12.0. The van der Waals surface area contributed by atoms with Gasteiger partial charge >= 0.3 is 0 Å². The molecule has 1 aromatic rings. The van der Waals surface area contributed by atoms with Crippen LogP contribution in [0.25, 0.3) is 0 Å². The third-order valence-electron chi connectivity index (χ3n) is 3.26. The Morgan fingerprint density at radius 2 is 2.28 bits per heavy atom. The highest BCUT2D eigenvalue weighted by Crippen LogP contribution is 2.09. The van der Waals surface area contributed by atoms with Crippen LogP contribution in [-0.4, -0.2) is 38.3 Å². The smallest absolute Gasteiger partial charge is 0.251 e. The van der Waals surface area contributed by atoms with Gasteiger partial charge in [0.15, 0.2) is 0 Å². The van der Waals surface area contributed by atoms with E-state index in [0.717, 1.165) is 18.7 Å². The molecule has 0 spiro atoms. The zero-order valence-electron chi connectivity index (χ0n) is 11.0. The molecular weight excluding hydrogens is 228 g/mol. The molecule has 0 aliphatic carbocycles. The van der Waals surface area contributed by atoms with Gasteiger partial charge in [-0.2, -0.15) is 0 Å². The van der Waals surface area contributed by atoms with Gasteiger partial charge in [-0.05, 0) is 37.1 Å². The Bertz CT molecular complexity index is 426. The van der Waals surface area contributed by atoms with Gasteiger partial charge in [-0.25, -0.2) is 0 Å². The van der Waals surface area contributed by atoms with E-state index < -0.39 is 0 Å². The lowest BCUT2D eigenvalue weighted by molar-refractivity contribution is 0.0287. The van der Waals surface area contributed by atoms with Crippen molar-refractivity contribution in [3.63, 3.8) is 0 Å². The van der Waals surface area contributed by atoms with E-state index in [4.69, 9.17) is 4.74 Å². The topological polar surface area (TPSA) is 50.4 Å². The average molecular weight is 248 g/mol. The van der Waals surface area contributed by atoms with Gasteiger partial charge in [0.1, 0.15) is 0 Å². The number of carbonyl (C=O) groups excluding carboxylic acids is 1. The Hall–Kier alpha value is -1.39. The molecule has 1 aliphatic rings. The SMILES string of the molecule is Cc1ccc(C(=O)NCC2CNCCO2)cc1C. The van der Waals surface area contributed by atoms with Gasteiger partial charge in [0.2, 0.25) is 0 Å². The monoisotopic (exact) mass is 248 g/mol. The van der Waals surface area contributed by atoms with E-state index in [1.54, 1.807) is 0 Å². The number of hydrogen-bond acceptors (Lipinski definition) is 3. The number of amides is 1. The number of rotatable bonds is 3. The fourth-order valence-electron chi connectivity index (χ4n) is 1.94. The summed E-state index contributed by atoms with van der Waals surface area (Å²) in [5, 5.41) is 6.15. The second-order valence-corrected chi connectivity index (χ2v) is 4.71. The zero-order valence-corrected chi connectivity index (χ0v) is 11.0. The molecular formula is C14H20N2O2. The third-order valence-corrected chi connectivity index (χ3v) is 3.26. The molecule has 18 heavy (non-hydrogen) atoms. The summed E-state index contributed by atoms with van der Waals surface area (Å²) in [5.41, 5.74) is 3.05. The summed E-state index contributed by atoms with van der Waals surface area (Å²) in [6.07, 6.45) is 0.0780. The van der Waals surface area contributed by atoms with Crippen molar-refractivity contribution in [1.82, 2.24) is 10.6 Å². The largest absolute Gasteiger partial charge is 0.374 e. The molecule has 1 heterocycles. The molecule has 1 saturated heterocycles. The number of benzene rings is 1. The van der Waals surface area contributed by atoms with Crippen molar-refractivity contribution in [3.8, 4) is 0 Å². The molecule has 0 bridgehead atoms. The molecule has 0 aromatic heterocycles. The van der Waals surface area contributed by atoms with Gasteiger partial charge in [0, 0.05) is 25.2 Å².